The van der Waals surface area contributed by atoms with Crippen molar-refractivity contribution >= 4 is 0 Å². The zero-order chi connectivity index (χ0) is 14.0. The fraction of sp³-hybridized carbons (Fsp3) is 0.600. The minimum atomic E-state index is 0.0459. The molecule has 106 valence electrons. The lowest BCUT2D eigenvalue weighted by Crippen LogP contribution is -2.32. The van der Waals surface area contributed by atoms with E-state index in [-0.39, 0.29) is 11.5 Å². The topological polar surface area (TPSA) is 53.7 Å². The predicted octanol–water partition coefficient (Wildman–Crippen LogP) is 2.23. The molecule has 0 aliphatic heterocycles. The number of nitrogens with two attached hydrogens (primary N) is 1. The molecule has 0 heterocycles. The molecule has 1 aliphatic rings. The molecule has 0 amide bonds. The molecule has 0 bridgehead atoms. The van der Waals surface area contributed by atoms with E-state index in [1.165, 1.54) is 0 Å². The van der Waals surface area contributed by atoms with Gasteiger partial charge in [0.1, 0.15) is 0 Å². The summed E-state index contributed by atoms with van der Waals surface area (Å²) in [5.74, 6) is 1.56. The van der Waals surface area contributed by atoms with Crippen LogP contribution in [0, 0.1) is 0 Å². The van der Waals surface area contributed by atoms with Gasteiger partial charge < -0.3 is 19.9 Å². The van der Waals surface area contributed by atoms with Gasteiger partial charge in [-0.25, -0.2) is 0 Å². The Morgan fingerprint density at radius 2 is 1.79 bits per heavy atom. The van der Waals surface area contributed by atoms with E-state index in [0.29, 0.717) is 6.61 Å². The molecule has 1 fully saturated rings. The van der Waals surface area contributed by atoms with E-state index in [0.717, 1.165) is 35.5 Å². The number of benzene rings is 1. The van der Waals surface area contributed by atoms with E-state index >= 15 is 0 Å². The van der Waals surface area contributed by atoms with Crippen LogP contribution in [0.15, 0.2) is 12.1 Å². The molecule has 0 saturated heterocycles. The van der Waals surface area contributed by atoms with Crippen molar-refractivity contribution in [3.05, 3.63) is 23.3 Å². The summed E-state index contributed by atoms with van der Waals surface area (Å²) in [4.78, 5) is 0. The molecule has 0 aromatic heterocycles. The lowest BCUT2D eigenvalue weighted by molar-refractivity contribution is 0.180. The van der Waals surface area contributed by atoms with Gasteiger partial charge in [-0.15, -0.1) is 0 Å². The Kier molecular flexibility index (Phi) is 4.02. The van der Waals surface area contributed by atoms with Crippen LogP contribution in [0.3, 0.4) is 0 Å². The van der Waals surface area contributed by atoms with Crippen molar-refractivity contribution in [1.82, 2.24) is 0 Å². The van der Waals surface area contributed by atoms with Crippen molar-refractivity contribution in [3.63, 3.8) is 0 Å². The Morgan fingerprint density at radius 3 is 2.21 bits per heavy atom. The number of ether oxygens (including phenoxy) is 3. The predicted molar refractivity (Wildman–Crippen MR) is 74.8 cm³/mol. The van der Waals surface area contributed by atoms with Gasteiger partial charge in [0.15, 0.2) is 11.5 Å². The SMILES string of the molecule is COCc1ccc(C2(C(C)N)CC2)c(OC)c1OC. The van der Waals surface area contributed by atoms with Gasteiger partial charge in [-0.2, -0.15) is 0 Å². The van der Waals surface area contributed by atoms with Crippen molar-refractivity contribution < 1.29 is 14.2 Å². The van der Waals surface area contributed by atoms with Crippen LogP contribution in [-0.2, 0) is 16.8 Å². The van der Waals surface area contributed by atoms with Crippen LogP contribution in [0.5, 0.6) is 11.5 Å². The largest absolute Gasteiger partial charge is 0.493 e. The molecule has 1 aromatic carbocycles. The molecule has 19 heavy (non-hydrogen) atoms. The van der Waals surface area contributed by atoms with E-state index in [2.05, 4.69) is 13.0 Å². The maximum absolute atomic E-state index is 6.16. The van der Waals surface area contributed by atoms with Gasteiger partial charge in [-0.05, 0) is 19.8 Å². The molecule has 1 saturated carbocycles. The smallest absolute Gasteiger partial charge is 0.166 e. The highest BCUT2D eigenvalue weighted by atomic mass is 16.5. The highest BCUT2D eigenvalue weighted by Gasteiger charge is 2.49. The minimum absolute atomic E-state index is 0.0459. The molecular formula is C15H23NO3. The van der Waals surface area contributed by atoms with E-state index in [1.54, 1.807) is 21.3 Å². The summed E-state index contributed by atoms with van der Waals surface area (Å²) in [7, 11) is 5.01. The number of hydrogen-bond acceptors (Lipinski definition) is 4. The van der Waals surface area contributed by atoms with Crippen molar-refractivity contribution in [2.45, 2.75) is 37.8 Å². The maximum Gasteiger partial charge on any atom is 0.166 e. The van der Waals surface area contributed by atoms with Crippen molar-refractivity contribution in [3.8, 4) is 11.5 Å². The van der Waals surface area contributed by atoms with E-state index in [1.807, 2.05) is 6.07 Å². The van der Waals surface area contributed by atoms with Gasteiger partial charge in [-0.3, -0.25) is 0 Å². The fourth-order valence-electron chi connectivity index (χ4n) is 2.80. The highest BCUT2D eigenvalue weighted by molar-refractivity contribution is 5.56. The Bertz CT molecular complexity index is 453. The second-order valence-electron chi connectivity index (χ2n) is 5.22. The van der Waals surface area contributed by atoms with Gasteiger partial charge in [-0.1, -0.05) is 12.1 Å². The highest BCUT2D eigenvalue weighted by Crippen LogP contribution is 2.55. The third-order valence-electron chi connectivity index (χ3n) is 4.10. The molecule has 1 unspecified atom stereocenters. The Hall–Kier alpha value is -1.26. The second kappa shape index (κ2) is 5.39. The van der Waals surface area contributed by atoms with Gasteiger partial charge in [0.25, 0.3) is 0 Å². The van der Waals surface area contributed by atoms with Gasteiger partial charge in [0.2, 0.25) is 0 Å². The zero-order valence-electron chi connectivity index (χ0n) is 12.2. The van der Waals surface area contributed by atoms with Crippen LogP contribution >= 0.6 is 0 Å². The summed E-state index contributed by atoms with van der Waals surface area (Å²) in [5.41, 5.74) is 8.35. The lowest BCUT2D eigenvalue weighted by Gasteiger charge is -2.25. The third-order valence-corrected chi connectivity index (χ3v) is 4.10. The van der Waals surface area contributed by atoms with Gasteiger partial charge in [0.05, 0.1) is 20.8 Å². The molecule has 0 spiro atoms. The Balaban J connectivity index is 2.51. The normalized spacial score (nSPS) is 17.9. The van der Waals surface area contributed by atoms with Gasteiger partial charge in [0, 0.05) is 29.7 Å². The number of rotatable bonds is 6. The summed E-state index contributed by atoms with van der Waals surface area (Å²) in [6, 6.07) is 4.26. The van der Waals surface area contributed by atoms with Gasteiger partial charge >= 0.3 is 0 Å². The average Bonchev–Trinajstić information content (AvgIpc) is 3.19. The monoisotopic (exact) mass is 265 g/mol. The first kappa shape index (κ1) is 14.2. The van der Waals surface area contributed by atoms with Crippen molar-refractivity contribution in [2.75, 3.05) is 21.3 Å². The molecule has 1 atom stereocenters. The quantitative estimate of drug-likeness (QED) is 0.857. The molecule has 0 radical (unpaired) electrons. The molecule has 4 nitrogen and oxygen atoms in total. The minimum Gasteiger partial charge on any atom is -0.493 e. The molecule has 1 aromatic rings. The van der Waals surface area contributed by atoms with E-state index in [4.69, 9.17) is 19.9 Å². The first-order valence-electron chi connectivity index (χ1n) is 6.59. The first-order chi connectivity index (χ1) is 9.10. The molecule has 1 aliphatic carbocycles. The summed E-state index contributed by atoms with van der Waals surface area (Å²) < 4.78 is 16.3. The van der Waals surface area contributed by atoms with Crippen LogP contribution in [0.1, 0.15) is 30.9 Å². The van der Waals surface area contributed by atoms with Crippen molar-refractivity contribution in [1.29, 1.82) is 0 Å². The number of methoxy groups -OCH3 is 3. The Morgan fingerprint density at radius 1 is 1.16 bits per heavy atom. The summed E-state index contributed by atoms with van der Waals surface area (Å²) in [6.07, 6.45) is 2.21. The summed E-state index contributed by atoms with van der Waals surface area (Å²) in [5, 5.41) is 0. The second-order valence-corrected chi connectivity index (χ2v) is 5.22. The summed E-state index contributed by atoms with van der Waals surface area (Å²) in [6.45, 7) is 2.56. The fourth-order valence-corrected chi connectivity index (χ4v) is 2.80. The molecular weight excluding hydrogens is 242 g/mol. The van der Waals surface area contributed by atoms with Crippen LogP contribution in [0.4, 0.5) is 0 Å². The standard InChI is InChI=1S/C15H23NO3/c1-10(16)15(7-8-15)12-6-5-11(9-17-2)13(18-3)14(12)19-4/h5-6,10H,7-9,16H2,1-4H3. The average molecular weight is 265 g/mol. The van der Waals surface area contributed by atoms with Crippen LogP contribution in [-0.4, -0.2) is 27.4 Å². The van der Waals surface area contributed by atoms with Crippen molar-refractivity contribution in [2.24, 2.45) is 5.73 Å². The van der Waals surface area contributed by atoms with E-state index < -0.39 is 0 Å². The van der Waals surface area contributed by atoms with Crippen LogP contribution in [0.2, 0.25) is 0 Å². The number of hydrogen-bond donors (Lipinski definition) is 1. The molecule has 4 heteroatoms. The lowest BCUT2D eigenvalue weighted by atomic mass is 9.87. The third kappa shape index (κ3) is 2.30. The maximum atomic E-state index is 6.16. The molecule has 2 rings (SSSR count). The first-order valence-corrected chi connectivity index (χ1v) is 6.59. The van der Waals surface area contributed by atoms with Crippen LogP contribution < -0.4 is 15.2 Å². The summed E-state index contributed by atoms with van der Waals surface area (Å²) >= 11 is 0. The Labute approximate surface area is 114 Å². The van der Waals surface area contributed by atoms with E-state index in [9.17, 15) is 0 Å². The zero-order valence-corrected chi connectivity index (χ0v) is 12.2. The van der Waals surface area contributed by atoms with Crippen LogP contribution in [0.25, 0.3) is 0 Å². The molecule has 2 N–H and O–H groups in total.